The maximum absolute atomic E-state index is 11.0. The van der Waals surface area contributed by atoms with Gasteiger partial charge in [0.2, 0.25) is 0 Å². The molecule has 1 aliphatic rings. The van der Waals surface area contributed by atoms with Crippen LogP contribution in [0.3, 0.4) is 0 Å². The molecular weight excluding hydrogens is 422 g/mol. The first-order valence-electron chi connectivity index (χ1n) is 10.5. The highest BCUT2D eigenvalue weighted by Gasteiger charge is 2.25. The fraction of sp³-hybridized carbons (Fsp3) is 0.304. The average molecular weight is 444 g/mol. The summed E-state index contributed by atoms with van der Waals surface area (Å²) in [6.45, 7) is 0. The molecule has 0 unspecified atom stereocenters. The lowest BCUT2D eigenvalue weighted by molar-refractivity contribution is -0.111. The number of pyridine rings is 2. The van der Waals surface area contributed by atoms with Crippen LogP contribution in [0.25, 0.3) is 27.4 Å². The van der Waals surface area contributed by atoms with Gasteiger partial charge in [-0.3, -0.25) is 4.57 Å². The predicted molar refractivity (Wildman–Crippen MR) is 123 cm³/mol. The summed E-state index contributed by atoms with van der Waals surface area (Å²) in [5, 5.41) is 24.0. The first-order chi connectivity index (χ1) is 15.7. The Morgan fingerprint density at radius 3 is 2.78 bits per heavy atom. The molecule has 1 fully saturated rings. The van der Waals surface area contributed by atoms with Crippen LogP contribution in [-0.2, 0) is 4.79 Å². The molecule has 4 heterocycles. The van der Waals surface area contributed by atoms with Gasteiger partial charge in [-0.05, 0) is 37.8 Å². The van der Waals surface area contributed by atoms with Crippen molar-refractivity contribution in [3.05, 3.63) is 47.4 Å². The van der Waals surface area contributed by atoms with Crippen molar-refractivity contribution in [3.8, 4) is 22.5 Å². The first-order valence-corrected chi connectivity index (χ1v) is 11.4. The summed E-state index contributed by atoms with van der Waals surface area (Å²) in [4.78, 5) is 20.1. The van der Waals surface area contributed by atoms with E-state index in [0.29, 0.717) is 11.5 Å². The van der Waals surface area contributed by atoms with Crippen LogP contribution in [0.1, 0.15) is 42.2 Å². The second-order valence-corrected chi connectivity index (χ2v) is 8.97. The molecule has 0 amide bonds. The summed E-state index contributed by atoms with van der Waals surface area (Å²) >= 11 is 1.60. The van der Waals surface area contributed by atoms with Gasteiger partial charge >= 0.3 is 0 Å². The number of nitrogens with zero attached hydrogens (tertiary/aromatic N) is 6. The Morgan fingerprint density at radius 1 is 1.19 bits per heavy atom. The Hall–Kier alpha value is -3.64. The van der Waals surface area contributed by atoms with Crippen molar-refractivity contribution in [1.29, 1.82) is 5.26 Å². The molecule has 1 aliphatic carbocycles. The van der Waals surface area contributed by atoms with Gasteiger partial charge in [0.1, 0.15) is 28.8 Å². The summed E-state index contributed by atoms with van der Waals surface area (Å²) in [7, 11) is 1.87. The Balaban J connectivity index is 1.44. The normalized spacial score (nSPS) is 18.4. The van der Waals surface area contributed by atoms with Crippen molar-refractivity contribution < 1.29 is 4.79 Å². The average Bonchev–Trinajstić information content (AvgIpc) is 3.51. The van der Waals surface area contributed by atoms with Crippen molar-refractivity contribution in [1.82, 2.24) is 24.7 Å². The highest BCUT2D eigenvalue weighted by atomic mass is 32.1. The van der Waals surface area contributed by atoms with Crippen molar-refractivity contribution >= 4 is 34.3 Å². The van der Waals surface area contributed by atoms with Crippen LogP contribution in [0.15, 0.2) is 36.8 Å². The molecule has 1 N–H and O–H groups in total. The molecule has 160 valence electrons. The number of hydrogen-bond donors (Lipinski definition) is 1. The maximum atomic E-state index is 11.0. The molecule has 0 bridgehead atoms. The van der Waals surface area contributed by atoms with Crippen molar-refractivity contribution in [2.24, 2.45) is 5.92 Å². The third-order valence-corrected chi connectivity index (χ3v) is 7.16. The second kappa shape index (κ2) is 8.48. The Labute approximate surface area is 189 Å². The Kier molecular flexibility index (Phi) is 5.37. The number of fused-ring (bicyclic) bond motifs is 1. The van der Waals surface area contributed by atoms with Gasteiger partial charge in [-0.2, -0.15) is 5.26 Å². The molecule has 5 rings (SSSR count). The van der Waals surface area contributed by atoms with E-state index in [2.05, 4.69) is 31.6 Å². The third kappa shape index (κ3) is 3.63. The van der Waals surface area contributed by atoms with E-state index in [1.807, 2.05) is 42.2 Å². The molecule has 4 aromatic rings. The lowest BCUT2D eigenvalue weighted by Gasteiger charge is -2.23. The zero-order valence-corrected chi connectivity index (χ0v) is 18.3. The Bertz CT molecular complexity index is 1330. The maximum Gasteiger partial charge on any atom is 0.151 e. The highest BCUT2D eigenvalue weighted by molar-refractivity contribution is 7.14. The Morgan fingerprint density at radius 2 is 2.03 bits per heavy atom. The SMILES string of the molecule is CNc1cc(-n2ccc3cc(C#N)cnc32)ncc1-c1nnc([C@H]2CC[C@H](C=O)CC2)s1. The number of nitriles is 1. The van der Waals surface area contributed by atoms with Gasteiger partial charge < -0.3 is 10.1 Å². The molecular formula is C23H21N7OS. The molecule has 0 saturated heterocycles. The highest BCUT2D eigenvalue weighted by Crippen LogP contribution is 2.39. The minimum absolute atomic E-state index is 0.192. The number of carbonyl (C=O) groups excluding carboxylic acids is 1. The van der Waals surface area contributed by atoms with E-state index in [0.717, 1.165) is 70.1 Å². The van der Waals surface area contributed by atoms with E-state index < -0.39 is 0 Å². The van der Waals surface area contributed by atoms with Crippen LogP contribution in [-0.4, -0.2) is 38.1 Å². The standard InChI is InChI=1S/C23H21N7OS/c1-25-19-9-20(30-7-6-17-8-15(10-24)11-27-21(17)30)26-12-18(19)23-29-28-22(32-23)16-4-2-14(13-31)3-5-16/h6-9,11-14,16H,2-5H2,1H3,(H,25,26)/t14-,16-. The first kappa shape index (κ1) is 20.3. The summed E-state index contributed by atoms with van der Waals surface area (Å²) in [6.07, 6.45) is 10.2. The zero-order valence-electron chi connectivity index (χ0n) is 17.5. The minimum atomic E-state index is 0.192. The topological polar surface area (TPSA) is 109 Å². The summed E-state index contributed by atoms with van der Waals surface area (Å²) < 4.78 is 1.90. The summed E-state index contributed by atoms with van der Waals surface area (Å²) in [6, 6.07) is 7.82. The molecule has 8 nitrogen and oxygen atoms in total. The molecule has 0 spiro atoms. The predicted octanol–water partition coefficient (Wildman–Crippen LogP) is 4.33. The van der Waals surface area contributed by atoms with Gasteiger partial charge in [-0.1, -0.05) is 11.3 Å². The molecule has 0 radical (unpaired) electrons. The minimum Gasteiger partial charge on any atom is -0.387 e. The number of hydrogen-bond acceptors (Lipinski definition) is 8. The number of rotatable bonds is 5. The van der Waals surface area contributed by atoms with Crippen molar-refractivity contribution in [3.63, 3.8) is 0 Å². The number of aldehydes is 1. The van der Waals surface area contributed by atoms with E-state index in [1.54, 1.807) is 17.5 Å². The second-order valence-electron chi connectivity index (χ2n) is 7.97. The lowest BCUT2D eigenvalue weighted by Crippen LogP contribution is -2.13. The van der Waals surface area contributed by atoms with Gasteiger partial charge in [0.25, 0.3) is 0 Å². The van der Waals surface area contributed by atoms with E-state index in [4.69, 9.17) is 5.26 Å². The molecule has 0 atom stereocenters. The van der Waals surface area contributed by atoms with Crippen LogP contribution in [0.2, 0.25) is 0 Å². The van der Waals surface area contributed by atoms with Crippen LogP contribution in [0, 0.1) is 17.2 Å². The molecule has 9 heteroatoms. The number of anilines is 1. The lowest BCUT2D eigenvalue weighted by atomic mass is 9.83. The van der Waals surface area contributed by atoms with Gasteiger partial charge in [0, 0.05) is 54.6 Å². The van der Waals surface area contributed by atoms with Gasteiger partial charge in [-0.25, -0.2) is 9.97 Å². The van der Waals surface area contributed by atoms with Crippen LogP contribution < -0.4 is 5.32 Å². The van der Waals surface area contributed by atoms with Crippen LogP contribution in [0.4, 0.5) is 5.69 Å². The van der Waals surface area contributed by atoms with Gasteiger partial charge in [-0.15, -0.1) is 10.2 Å². The molecule has 1 saturated carbocycles. The zero-order chi connectivity index (χ0) is 22.1. The van der Waals surface area contributed by atoms with Crippen LogP contribution >= 0.6 is 11.3 Å². The van der Waals surface area contributed by atoms with Crippen molar-refractivity contribution in [2.75, 3.05) is 12.4 Å². The quantitative estimate of drug-likeness (QED) is 0.457. The van der Waals surface area contributed by atoms with E-state index in [1.165, 1.54) is 0 Å². The third-order valence-electron chi connectivity index (χ3n) is 6.05. The fourth-order valence-corrected chi connectivity index (χ4v) is 5.27. The fourth-order valence-electron chi connectivity index (χ4n) is 4.23. The molecule has 0 aliphatic heterocycles. The van der Waals surface area contributed by atoms with E-state index >= 15 is 0 Å². The van der Waals surface area contributed by atoms with Crippen molar-refractivity contribution in [2.45, 2.75) is 31.6 Å². The molecule has 32 heavy (non-hydrogen) atoms. The number of carbonyl (C=O) groups is 1. The largest absolute Gasteiger partial charge is 0.387 e. The molecule has 0 aromatic carbocycles. The summed E-state index contributed by atoms with van der Waals surface area (Å²) in [5.41, 5.74) is 3.08. The molecule has 4 aromatic heterocycles. The number of aromatic nitrogens is 5. The van der Waals surface area contributed by atoms with E-state index in [-0.39, 0.29) is 5.92 Å². The number of nitrogens with one attached hydrogen (secondary N) is 1. The monoisotopic (exact) mass is 443 g/mol. The smallest absolute Gasteiger partial charge is 0.151 e. The summed E-state index contributed by atoms with van der Waals surface area (Å²) in [5.74, 6) is 1.29. The van der Waals surface area contributed by atoms with E-state index in [9.17, 15) is 4.79 Å². The van der Waals surface area contributed by atoms with Gasteiger partial charge in [0.15, 0.2) is 5.01 Å². The van der Waals surface area contributed by atoms with Crippen LogP contribution in [0.5, 0.6) is 0 Å². The van der Waals surface area contributed by atoms with Gasteiger partial charge in [0.05, 0.1) is 11.1 Å².